The van der Waals surface area contributed by atoms with Crippen LogP contribution in [0.4, 0.5) is 0 Å². The van der Waals surface area contributed by atoms with Crippen molar-refractivity contribution < 1.29 is 9.59 Å². The summed E-state index contributed by atoms with van der Waals surface area (Å²) in [6.45, 7) is 0. The van der Waals surface area contributed by atoms with E-state index in [0.717, 1.165) is 0 Å². The zero-order valence-electron chi connectivity index (χ0n) is 5.59. The molecule has 0 aliphatic heterocycles. The van der Waals surface area contributed by atoms with Crippen molar-refractivity contribution in [3.05, 3.63) is 0 Å². The van der Waals surface area contributed by atoms with Crippen LogP contribution in [0.3, 0.4) is 0 Å². The van der Waals surface area contributed by atoms with E-state index in [1.165, 1.54) is 0 Å². The van der Waals surface area contributed by atoms with Crippen LogP contribution in [0.5, 0.6) is 0 Å². The fraction of sp³-hybridized carbons (Fsp3) is 0.667. The molecule has 10 heavy (non-hydrogen) atoms. The van der Waals surface area contributed by atoms with Crippen LogP contribution >= 0.6 is 0 Å². The van der Waals surface area contributed by atoms with Crippen LogP contribution in [-0.2, 0) is 9.59 Å². The van der Waals surface area contributed by atoms with E-state index in [1.807, 2.05) is 0 Å². The second-order valence-corrected chi connectivity index (χ2v) is 2.79. The number of carbonyl (C=O) groups excluding carboxylic acids is 2. The van der Waals surface area contributed by atoms with Gasteiger partial charge in [0.1, 0.15) is 0 Å². The highest BCUT2D eigenvalue weighted by Gasteiger charge is 2.49. The van der Waals surface area contributed by atoms with Gasteiger partial charge >= 0.3 is 0 Å². The van der Waals surface area contributed by atoms with Gasteiger partial charge < -0.3 is 11.5 Å². The summed E-state index contributed by atoms with van der Waals surface area (Å²) in [6, 6.07) is 0. The molecule has 0 spiro atoms. The van der Waals surface area contributed by atoms with Crippen molar-refractivity contribution in [2.75, 3.05) is 0 Å². The summed E-state index contributed by atoms with van der Waals surface area (Å²) in [6.07, 6.45) is 1.54. The minimum atomic E-state index is -0.564. The number of carbonyl (C=O) groups is 2. The third-order valence-electron chi connectivity index (χ3n) is 1.89. The maximum atomic E-state index is 10.6. The second-order valence-electron chi connectivity index (χ2n) is 2.79. The predicted octanol–water partition coefficient (Wildman–Crippen LogP) is -0.873. The molecule has 1 saturated carbocycles. The Kier molecular flexibility index (Phi) is 1.39. The average molecular weight is 142 g/mol. The predicted molar refractivity (Wildman–Crippen MR) is 34.7 cm³/mol. The number of hydrogen-bond acceptors (Lipinski definition) is 2. The molecule has 2 amide bonds. The molecule has 1 rings (SSSR count). The van der Waals surface area contributed by atoms with Gasteiger partial charge in [-0.3, -0.25) is 9.59 Å². The van der Waals surface area contributed by atoms with E-state index < -0.39 is 17.2 Å². The van der Waals surface area contributed by atoms with Crippen LogP contribution < -0.4 is 11.5 Å². The number of amides is 2. The van der Waals surface area contributed by atoms with Crippen LogP contribution in [0.15, 0.2) is 0 Å². The summed E-state index contributed by atoms with van der Waals surface area (Å²) in [4.78, 5) is 21.0. The number of hydrogen-bond donors (Lipinski definition) is 2. The molecule has 0 radical (unpaired) electrons. The smallest absolute Gasteiger partial charge is 0.224 e. The van der Waals surface area contributed by atoms with E-state index in [2.05, 4.69) is 0 Å². The van der Waals surface area contributed by atoms with Crippen molar-refractivity contribution in [2.24, 2.45) is 16.9 Å². The Morgan fingerprint density at radius 3 is 1.90 bits per heavy atom. The summed E-state index contributed by atoms with van der Waals surface area (Å²) in [5, 5.41) is 0. The summed E-state index contributed by atoms with van der Waals surface area (Å²) in [7, 11) is 0. The lowest BCUT2D eigenvalue weighted by Crippen LogP contribution is -2.29. The van der Waals surface area contributed by atoms with Gasteiger partial charge in [-0.25, -0.2) is 0 Å². The Balaban J connectivity index is 2.53. The highest BCUT2D eigenvalue weighted by Crippen LogP contribution is 2.48. The van der Waals surface area contributed by atoms with Crippen LogP contribution in [-0.4, -0.2) is 11.8 Å². The normalized spacial score (nSPS) is 20.0. The molecule has 4 N–H and O–H groups in total. The Hall–Kier alpha value is -1.06. The molecule has 0 bridgehead atoms. The van der Waals surface area contributed by atoms with E-state index in [0.29, 0.717) is 12.8 Å². The van der Waals surface area contributed by atoms with Crippen molar-refractivity contribution in [3.8, 4) is 0 Å². The molecule has 0 aromatic rings. The van der Waals surface area contributed by atoms with E-state index in [1.54, 1.807) is 0 Å². The Morgan fingerprint density at radius 1 is 1.30 bits per heavy atom. The molecule has 1 aliphatic carbocycles. The van der Waals surface area contributed by atoms with Crippen molar-refractivity contribution in [3.63, 3.8) is 0 Å². The maximum Gasteiger partial charge on any atom is 0.224 e. The molecular weight excluding hydrogens is 132 g/mol. The van der Waals surface area contributed by atoms with Gasteiger partial charge in [0.2, 0.25) is 11.8 Å². The largest absolute Gasteiger partial charge is 0.370 e. The van der Waals surface area contributed by atoms with Gasteiger partial charge in [0, 0.05) is 6.42 Å². The van der Waals surface area contributed by atoms with Gasteiger partial charge in [-0.1, -0.05) is 0 Å². The van der Waals surface area contributed by atoms with E-state index in [-0.39, 0.29) is 6.42 Å². The molecular formula is C6H10N2O2. The van der Waals surface area contributed by atoms with E-state index >= 15 is 0 Å². The molecule has 0 atom stereocenters. The maximum absolute atomic E-state index is 10.6. The standard InChI is InChI=1S/C6H10N2O2/c7-4(9)3-6(1-2-6)5(8)10/h1-3H2,(H2,7,9)(H2,8,10). The molecule has 0 aromatic carbocycles. The number of nitrogens with two attached hydrogens (primary N) is 2. The van der Waals surface area contributed by atoms with Gasteiger partial charge in [-0.05, 0) is 12.8 Å². The lowest BCUT2D eigenvalue weighted by atomic mass is 10.0. The first-order valence-electron chi connectivity index (χ1n) is 3.15. The average Bonchev–Trinajstić information content (AvgIpc) is 2.46. The Morgan fingerprint density at radius 2 is 1.80 bits per heavy atom. The zero-order chi connectivity index (χ0) is 7.78. The fourth-order valence-electron chi connectivity index (χ4n) is 0.995. The lowest BCUT2D eigenvalue weighted by Gasteiger charge is -2.05. The van der Waals surface area contributed by atoms with Crippen molar-refractivity contribution in [1.29, 1.82) is 0 Å². The van der Waals surface area contributed by atoms with Crippen LogP contribution in [0.25, 0.3) is 0 Å². The second kappa shape index (κ2) is 1.97. The summed E-state index contributed by atoms with van der Waals surface area (Å²) >= 11 is 0. The first kappa shape index (κ1) is 7.05. The summed E-state index contributed by atoms with van der Waals surface area (Å²) in [5.41, 5.74) is 9.38. The van der Waals surface area contributed by atoms with Gasteiger partial charge in [0.25, 0.3) is 0 Å². The topological polar surface area (TPSA) is 86.2 Å². The van der Waals surface area contributed by atoms with Crippen molar-refractivity contribution >= 4 is 11.8 Å². The molecule has 1 aliphatic rings. The molecule has 0 unspecified atom stereocenters. The fourth-order valence-corrected chi connectivity index (χ4v) is 0.995. The first-order chi connectivity index (χ1) is 4.57. The third kappa shape index (κ3) is 1.10. The monoisotopic (exact) mass is 142 g/mol. The van der Waals surface area contributed by atoms with Gasteiger partial charge in [-0.2, -0.15) is 0 Å². The van der Waals surface area contributed by atoms with E-state index in [4.69, 9.17) is 11.5 Å². The Labute approximate surface area is 58.6 Å². The summed E-state index contributed by atoms with van der Waals surface area (Å²) in [5.74, 6) is -0.845. The zero-order valence-corrected chi connectivity index (χ0v) is 5.59. The molecule has 4 heteroatoms. The highest BCUT2D eigenvalue weighted by atomic mass is 16.2. The van der Waals surface area contributed by atoms with Crippen LogP contribution in [0.1, 0.15) is 19.3 Å². The molecule has 1 fully saturated rings. The third-order valence-corrected chi connectivity index (χ3v) is 1.89. The molecule has 56 valence electrons. The van der Waals surface area contributed by atoms with Crippen LogP contribution in [0.2, 0.25) is 0 Å². The quantitative estimate of drug-likeness (QED) is 0.536. The van der Waals surface area contributed by atoms with Crippen molar-refractivity contribution in [2.45, 2.75) is 19.3 Å². The SMILES string of the molecule is NC(=O)CC1(C(N)=O)CC1. The molecule has 4 nitrogen and oxygen atoms in total. The lowest BCUT2D eigenvalue weighted by molar-refractivity contribution is -0.128. The minimum absolute atomic E-state index is 0.113. The van der Waals surface area contributed by atoms with Gasteiger partial charge in [-0.15, -0.1) is 0 Å². The van der Waals surface area contributed by atoms with Crippen LogP contribution in [0, 0.1) is 5.41 Å². The molecule has 0 aromatic heterocycles. The molecule has 0 saturated heterocycles. The number of rotatable bonds is 3. The van der Waals surface area contributed by atoms with Crippen molar-refractivity contribution in [1.82, 2.24) is 0 Å². The van der Waals surface area contributed by atoms with Gasteiger partial charge in [0.05, 0.1) is 5.41 Å². The first-order valence-corrected chi connectivity index (χ1v) is 3.15. The van der Waals surface area contributed by atoms with Gasteiger partial charge in [0.15, 0.2) is 0 Å². The number of primary amides is 2. The Bertz CT molecular complexity index is 184. The summed E-state index contributed by atoms with van der Waals surface area (Å²) < 4.78 is 0. The molecule has 0 heterocycles. The minimum Gasteiger partial charge on any atom is -0.370 e. The highest BCUT2D eigenvalue weighted by molar-refractivity contribution is 5.89. The van der Waals surface area contributed by atoms with E-state index in [9.17, 15) is 9.59 Å².